The summed E-state index contributed by atoms with van der Waals surface area (Å²) in [5.41, 5.74) is -2.01. The molecule has 0 amide bonds. The van der Waals surface area contributed by atoms with E-state index in [1.54, 1.807) is 27.7 Å². The van der Waals surface area contributed by atoms with Crippen LogP contribution in [0, 0.1) is 5.82 Å². The summed E-state index contributed by atoms with van der Waals surface area (Å²) in [7, 11) is -1.93. The van der Waals surface area contributed by atoms with E-state index in [0.717, 1.165) is 6.07 Å². The van der Waals surface area contributed by atoms with E-state index in [1.807, 2.05) is 0 Å². The summed E-state index contributed by atoms with van der Waals surface area (Å²) in [5.74, 6) is -0.459. The fourth-order valence-electron chi connectivity index (χ4n) is 0.672. The number of hydrogen-bond donors (Lipinski definition) is 4. The highest BCUT2D eigenvalue weighted by molar-refractivity contribution is 9.10. The van der Waals surface area contributed by atoms with Gasteiger partial charge >= 0.3 is 7.32 Å². The zero-order valence-electron chi connectivity index (χ0n) is 11.8. The molecule has 5 nitrogen and oxygen atoms in total. The van der Waals surface area contributed by atoms with Crippen LogP contribution in [-0.4, -0.2) is 38.8 Å². The molecule has 0 heterocycles. The molecule has 1 aromatic rings. The van der Waals surface area contributed by atoms with Crippen molar-refractivity contribution in [3.05, 3.63) is 28.5 Å². The summed E-state index contributed by atoms with van der Waals surface area (Å²) in [6.45, 7) is 6.31. The topological polar surface area (TPSA) is 90.2 Å². The third kappa shape index (κ3) is 7.21. The van der Waals surface area contributed by atoms with Crippen molar-refractivity contribution >= 4 is 23.3 Å². The molecule has 0 spiro atoms. The average molecular weight is 353 g/mol. The molecule has 1 aromatic carbocycles. The molecule has 114 valence electrons. The Morgan fingerprint density at radius 3 is 1.85 bits per heavy atom. The highest BCUT2D eigenvalue weighted by Gasteiger charge is 2.31. The summed E-state index contributed by atoms with van der Waals surface area (Å²) >= 11 is 2.94. The molecule has 0 atom stereocenters. The van der Waals surface area contributed by atoms with Crippen LogP contribution in [-0.2, 0) is 0 Å². The lowest BCUT2D eigenvalue weighted by atomic mass is 9.90. The maximum Gasteiger partial charge on any atom is 0.707 e. The second-order valence-electron chi connectivity index (χ2n) is 5.14. The first-order chi connectivity index (χ1) is 8.84. The zero-order valence-corrected chi connectivity index (χ0v) is 13.3. The van der Waals surface area contributed by atoms with Crippen molar-refractivity contribution in [3.63, 3.8) is 0 Å². The first kappa shape index (κ1) is 19.3. The number of rotatable bonds is 3. The van der Waals surface area contributed by atoms with Gasteiger partial charge in [0.2, 0.25) is 0 Å². The highest BCUT2D eigenvalue weighted by Crippen LogP contribution is 2.21. The SMILES string of the molecule is CC(C)(O)C(C)(C)O.OB(O)Oc1ccc(Br)c(F)c1. The van der Waals surface area contributed by atoms with E-state index in [2.05, 4.69) is 20.6 Å². The molecule has 0 aliphatic heterocycles. The fourth-order valence-corrected chi connectivity index (χ4v) is 0.919. The molecule has 8 heteroatoms. The van der Waals surface area contributed by atoms with Gasteiger partial charge in [-0.1, -0.05) is 0 Å². The predicted molar refractivity (Wildman–Crippen MR) is 77.5 cm³/mol. The Labute approximate surface area is 126 Å². The van der Waals surface area contributed by atoms with Crippen LogP contribution in [0.1, 0.15) is 27.7 Å². The van der Waals surface area contributed by atoms with E-state index in [0.29, 0.717) is 4.47 Å². The quantitative estimate of drug-likeness (QED) is 0.618. The predicted octanol–water partition coefficient (Wildman–Crippen LogP) is 1.46. The van der Waals surface area contributed by atoms with Gasteiger partial charge in [0.05, 0.1) is 15.7 Å². The van der Waals surface area contributed by atoms with E-state index in [-0.39, 0.29) is 5.75 Å². The van der Waals surface area contributed by atoms with Crippen molar-refractivity contribution in [1.29, 1.82) is 0 Å². The van der Waals surface area contributed by atoms with Gasteiger partial charge in [-0.05, 0) is 55.8 Å². The van der Waals surface area contributed by atoms with E-state index in [1.165, 1.54) is 12.1 Å². The lowest BCUT2D eigenvalue weighted by molar-refractivity contribution is -0.107. The van der Waals surface area contributed by atoms with Gasteiger partial charge in [0, 0.05) is 6.07 Å². The van der Waals surface area contributed by atoms with Gasteiger partial charge in [0.25, 0.3) is 0 Å². The van der Waals surface area contributed by atoms with Gasteiger partial charge < -0.3 is 24.9 Å². The second-order valence-corrected chi connectivity index (χ2v) is 5.99. The summed E-state index contributed by atoms with van der Waals surface area (Å²) in [6.07, 6.45) is 0. The van der Waals surface area contributed by atoms with E-state index < -0.39 is 24.3 Å². The zero-order chi connectivity index (χ0) is 16.1. The molecule has 0 bridgehead atoms. The van der Waals surface area contributed by atoms with Gasteiger partial charge in [-0.3, -0.25) is 0 Å². The summed E-state index contributed by atoms with van der Waals surface area (Å²) in [4.78, 5) is 0. The molecule has 0 radical (unpaired) electrons. The largest absolute Gasteiger partial charge is 0.707 e. The Hall–Kier alpha value is -0.665. The van der Waals surface area contributed by atoms with Crippen molar-refractivity contribution in [2.24, 2.45) is 0 Å². The number of halogens is 2. The standard InChI is InChI=1S/C6H5BBrFO3.C6H14O2/c8-5-2-1-4(3-6(5)9)12-7(10)11;1-5(2,7)6(3,4)8/h1-3,10-11H;7-8H,1-4H3. The van der Waals surface area contributed by atoms with Gasteiger partial charge in [-0.25, -0.2) is 4.39 Å². The summed E-state index contributed by atoms with van der Waals surface area (Å²) in [6, 6.07) is 3.86. The maximum absolute atomic E-state index is 12.7. The minimum Gasteiger partial charge on any atom is -0.512 e. The molecule has 0 saturated heterocycles. The monoisotopic (exact) mass is 352 g/mol. The minimum absolute atomic E-state index is 0.0608. The Balaban J connectivity index is 0.000000396. The molecule has 0 fully saturated rings. The van der Waals surface area contributed by atoms with E-state index in [9.17, 15) is 4.39 Å². The molecule has 0 aliphatic rings. The Kier molecular flexibility index (Phi) is 7.13. The highest BCUT2D eigenvalue weighted by atomic mass is 79.9. The molecule has 1 rings (SSSR count). The van der Waals surface area contributed by atoms with Gasteiger partial charge in [0.1, 0.15) is 11.6 Å². The van der Waals surface area contributed by atoms with Crippen LogP contribution in [0.25, 0.3) is 0 Å². The first-order valence-electron chi connectivity index (χ1n) is 5.77. The number of hydrogen-bond acceptors (Lipinski definition) is 5. The molecular formula is C12H19BBrFO5. The third-order valence-electron chi connectivity index (χ3n) is 2.63. The van der Waals surface area contributed by atoms with Gasteiger partial charge in [0.15, 0.2) is 0 Å². The van der Waals surface area contributed by atoms with Crippen LogP contribution in [0.4, 0.5) is 4.39 Å². The molecule has 0 saturated carbocycles. The Morgan fingerprint density at radius 2 is 1.55 bits per heavy atom. The van der Waals surface area contributed by atoms with Crippen molar-refractivity contribution in [3.8, 4) is 5.75 Å². The molecular weight excluding hydrogens is 334 g/mol. The summed E-state index contributed by atoms with van der Waals surface area (Å²) in [5, 5.41) is 34.9. The van der Waals surface area contributed by atoms with Crippen LogP contribution in [0.5, 0.6) is 5.75 Å². The third-order valence-corrected chi connectivity index (χ3v) is 3.27. The van der Waals surface area contributed by atoms with Gasteiger partial charge in [-0.2, -0.15) is 0 Å². The maximum atomic E-state index is 12.7. The smallest absolute Gasteiger partial charge is 0.512 e. The van der Waals surface area contributed by atoms with Crippen molar-refractivity contribution in [2.45, 2.75) is 38.9 Å². The number of benzene rings is 1. The second kappa shape index (κ2) is 7.37. The van der Waals surface area contributed by atoms with Crippen LogP contribution < -0.4 is 4.65 Å². The molecule has 4 N–H and O–H groups in total. The van der Waals surface area contributed by atoms with Crippen molar-refractivity contribution < 1.29 is 29.3 Å². The summed E-state index contributed by atoms with van der Waals surface area (Å²) < 4.78 is 17.4. The molecule has 0 aromatic heterocycles. The van der Waals surface area contributed by atoms with Gasteiger partial charge in [-0.15, -0.1) is 0 Å². The molecule has 0 aliphatic carbocycles. The van der Waals surface area contributed by atoms with E-state index in [4.69, 9.17) is 20.3 Å². The normalized spacial score (nSPS) is 11.5. The van der Waals surface area contributed by atoms with Crippen molar-refractivity contribution in [1.82, 2.24) is 0 Å². The average Bonchev–Trinajstić information content (AvgIpc) is 2.20. The van der Waals surface area contributed by atoms with Crippen LogP contribution in [0.15, 0.2) is 22.7 Å². The number of aliphatic hydroxyl groups is 2. The van der Waals surface area contributed by atoms with E-state index >= 15 is 0 Å². The first-order valence-corrected chi connectivity index (χ1v) is 6.56. The molecule has 20 heavy (non-hydrogen) atoms. The lowest BCUT2D eigenvalue weighted by Crippen LogP contribution is -2.44. The Bertz CT molecular complexity index is 417. The lowest BCUT2D eigenvalue weighted by Gasteiger charge is -2.31. The minimum atomic E-state index is -1.93. The van der Waals surface area contributed by atoms with Crippen molar-refractivity contribution in [2.75, 3.05) is 0 Å². The fraction of sp³-hybridized carbons (Fsp3) is 0.500. The van der Waals surface area contributed by atoms with Crippen LogP contribution >= 0.6 is 15.9 Å². The van der Waals surface area contributed by atoms with Crippen LogP contribution in [0.3, 0.4) is 0 Å². The molecule has 0 unspecified atom stereocenters. The Morgan fingerprint density at radius 1 is 1.10 bits per heavy atom. The van der Waals surface area contributed by atoms with Crippen LogP contribution in [0.2, 0.25) is 0 Å².